The Morgan fingerprint density at radius 1 is 1.14 bits per heavy atom. The molecule has 0 unspecified atom stereocenters. The first-order valence-corrected chi connectivity index (χ1v) is 12.4. The average molecular weight is 505 g/mol. The molecule has 4 rings (SSSR count). The fraction of sp³-hybridized carbons (Fsp3) is 0.345. The van der Waals surface area contributed by atoms with Crippen molar-refractivity contribution in [1.29, 1.82) is 0 Å². The summed E-state index contributed by atoms with van der Waals surface area (Å²) in [6.07, 6.45) is 4.24. The number of carbonyl (C=O) groups excluding carboxylic acids is 3. The molecule has 8 heteroatoms. The highest BCUT2D eigenvalue weighted by molar-refractivity contribution is 6.16. The van der Waals surface area contributed by atoms with E-state index < -0.39 is 5.97 Å². The first kappa shape index (κ1) is 26.2. The van der Waals surface area contributed by atoms with Crippen LogP contribution in [0, 0.1) is 0 Å². The van der Waals surface area contributed by atoms with Gasteiger partial charge in [0.25, 0.3) is 11.8 Å². The zero-order chi connectivity index (χ0) is 26.2. The quantitative estimate of drug-likeness (QED) is 0.394. The predicted molar refractivity (Wildman–Crippen MR) is 138 cm³/mol. The average Bonchev–Trinajstić information content (AvgIpc) is 3.51. The predicted octanol–water partition coefficient (Wildman–Crippen LogP) is 3.28. The van der Waals surface area contributed by atoms with E-state index in [1.165, 1.54) is 7.11 Å². The lowest BCUT2D eigenvalue weighted by Crippen LogP contribution is -2.33. The molecule has 2 heterocycles. The fourth-order valence-electron chi connectivity index (χ4n) is 4.46. The van der Waals surface area contributed by atoms with Crippen LogP contribution in [0.3, 0.4) is 0 Å². The van der Waals surface area contributed by atoms with Crippen molar-refractivity contribution < 1.29 is 28.6 Å². The van der Waals surface area contributed by atoms with Crippen molar-refractivity contribution in [2.45, 2.75) is 32.3 Å². The van der Waals surface area contributed by atoms with Gasteiger partial charge < -0.3 is 24.4 Å². The van der Waals surface area contributed by atoms with Crippen LogP contribution in [0.25, 0.3) is 6.08 Å². The Morgan fingerprint density at radius 2 is 1.89 bits per heavy atom. The minimum Gasteiger partial charge on any atom is -0.484 e. The molecule has 1 fully saturated rings. The van der Waals surface area contributed by atoms with E-state index >= 15 is 0 Å². The molecular formula is C29H32N2O6. The topological polar surface area (TPSA) is 94.2 Å². The summed E-state index contributed by atoms with van der Waals surface area (Å²) < 4.78 is 16.2. The number of carbonyl (C=O) groups is 3. The second-order valence-corrected chi connectivity index (χ2v) is 9.00. The van der Waals surface area contributed by atoms with Gasteiger partial charge in [-0.15, -0.1) is 0 Å². The Hall–Kier alpha value is -3.91. The highest BCUT2D eigenvalue weighted by Crippen LogP contribution is 2.33. The van der Waals surface area contributed by atoms with E-state index in [1.807, 2.05) is 30.3 Å². The second kappa shape index (κ2) is 12.4. The number of esters is 1. The van der Waals surface area contributed by atoms with Gasteiger partial charge >= 0.3 is 5.97 Å². The molecule has 2 aromatic rings. The lowest BCUT2D eigenvalue weighted by molar-refractivity contribution is -0.136. The number of hydrogen-bond donors (Lipinski definition) is 1. The third-order valence-corrected chi connectivity index (χ3v) is 6.45. The van der Waals surface area contributed by atoms with Crippen molar-refractivity contribution >= 4 is 23.9 Å². The van der Waals surface area contributed by atoms with E-state index in [0.717, 1.165) is 30.4 Å². The number of nitrogens with zero attached hydrogens (tertiary/aromatic N) is 1. The number of nitrogens with one attached hydrogen (secondary N) is 1. The first-order chi connectivity index (χ1) is 18.0. The molecule has 1 saturated heterocycles. The standard InChI is InChI=1S/C29H32N2O6/c1-20-27(29(34)35-2)25(28(33)31(20)18-24-9-6-16-36-24)17-22-10-12-23(13-11-22)37-19-26(32)30-15-14-21-7-4-3-5-8-21/h3-5,7-8,10-13,17,24H,6,9,14-16,18-19H2,1-2H3,(H,30,32)/b25-17-/t24-/m1/s1. The molecule has 0 bridgehead atoms. The van der Waals surface area contributed by atoms with Crippen LogP contribution < -0.4 is 10.1 Å². The molecule has 0 aromatic heterocycles. The molecular weight excluding hydrogens is 472 g/mol. The monoisotopic (exact) mass is 504 g/mol. The Morgan fingerprint density at radius 3 is 2.57 bits per heavy atom. The molecule has 8 nitrogen and oxygen atoms in total. The number of ether oxygens (including phenoxy) is 3. The van der Waals surface area contributed by atoms with E-state index in [4.69, 9.17) is 14.2 Å². The van der Waals surface area contributed by atoms with Crippen molar-refractivity contribution in [1.82, 2.24) is 10.2 Å². The van der Waals surface area contributed by atoms with Gasteiger partial charge in [0.1, 0.15) is 5.75 Å². The SMILES string of the molecule is COC(=O)C1=C(C)N(C[C@H]2CCCO2)C(=O)/C1=C\c1ccc(OCC(=O)NCCc2ccccc2)cc1. The lowest BCUT2D eigenvalue weighted by atomic mass is 10.0. The van der Waals surface area contributed by atoms with Crippen LogP contribution in [0.15, 0.2) is 71.4 Å². The molecule has 0 radical (unpaired) electrons. The lowest BCUT2D eigenvalue weighted by Gasteiger charge is -2.21. The number of amides is 2. The normalized spacial score (nSPS) is 18.4. The van der Waals surface area contributed by atoms with Crippen LogP contribution in [0.5, 0.6) is 5.75 Å². The van der Waals surface area contributed by atoms with Crippen LogP contribution in [0.2, 0.25) is 0 Å². The van der Waals surface area contributed by atoms with Crippen LogP contribution in [-0.2, 0) is 30.3 Å². The number of benzene rings is 2. The number of rotatable bonds is 10. The Labute approximate surface area is 216 Å². The van der Waals surface area contributed by atoms with Gasteiger partial charge in [-0.2, -0.15) is 0 Å². The third kappa shape index (κ3) is 6.65. The van der Waals surface area contributed by atoms with E-state index in [9.17, 15) is 14.4 Å². The number of hydrogen-bond acceptors (Lipinski definition) is 6. The van der Waals surface area contributed by atoms with Gasteiger partial charge in [0.05, 0.1) is 30.9 Å². The van der Waals surface area contributed by atoms with Gasteiger partial charge in [-0.25, -0.2) is 4.79 Å². The highest BCUT2D eigenvalue weighted by Gasteiger charge is 2.38. The number of allylic oxidation sites excluding steroid dienone is 1. The van der Waals surface area contributed by atoms with E-state index in [2.05, 4.69) is 5.32 Å². The molecule has 2 aliphatic rings. The molecule has 0 saturated carbocycles. The fourth-order valence-corrected chi connectivity index (χ4v) is 4.46. The number of methoxy groups -OCH3 is 1. The smallest absolute Gasteiger partial charge is 0.340 e. The maximum atomic E-state index is 13.2. The van der Waals surface area contributed by atoms with Gasteiger partial charge in [0, 0.05) is 18.8 Å². The van der Waals surface area contributed by atoms with Crippen LogP contribution in [0.4, 0.5) is 0 Å². The molecule has 2 aromatic carbocycles. The Balaban J connectivity index is 1.36. The summed E-state index contributed by atoms with van der Waals surface area (Å²) in [6, 6.07) is 16.9. The summed E-state index contributed by atoms with van der Waals surface area (Å²) in [5, 5.41) is 2.85. The van der Waals surface area contributed by atoms with Gasteiger partial charge in [-0.3, -0.25) is 9.59 Å². The minimum absolute atomic E-state index is 0.0379. The Bertz CT molecular complexity index is 1180. The van der Waals surface area contributed by atoms with E-state index in [0.29, 0.717) is 31.1 Å². The molecule has 2 aliphatic heterocycles. The van der Waals surface area contributed by atoms with Crippen molar-refractivity contribution in [3.63, 3.8) is 0 Å². The van der Waals surface area contributed by atoms with Crippen molar-refractivity contribution in [2.24, 2.45) is 0 Å². The Kier molecular flexibility index (Phi) is 8.74. The molecule has 37 heavy (non-hydrogen) atoms. The van der Waals surface area contributed by atoms with Crippen LogP contribution >= 0.6 is 0 Å². The highest BCUT2D eigenvalue weighted by atomic mass is 16.5. The van der Waals surface area contributed by atoms with Gasteiger partial charge in [-0.05, 0) is 55.5 Å². The van der Waals surface area contributed by atoms with E-state index in [-0.39, 0.29) is 35.7 Å². The zero-order valence-corrected chi connectivity index (χ0v) is 21.2. The summed E-state index contributed by atoms with van der Waals surface area (Å²) in [4.78, 5) is 39.5. The third-order valence-electron chi connectivity index (χ3n) is 6.45. The summed E-state index contributed by atoms with van der Waals surface area (Å²) in [5.74, 6) is -0.475. The van der Waals surface area contributed by atoms with E-state index in [1.54, 1.807) is 42.2 Å². The van der Waals surface area contributed by atoms with Gasteiger partial charge in [0.2, 0.25) is 0 Å². The summed E-state index contributed by atoms with van der Waals surface area (Å²) in [6.45, 7) is 3.28. The summed E-state index contributed by atoms with van der Waals surface area (Å²) >= 11 is 0. The molecule has 1 atom stereocenters. The van der Waals surface area contributed by atoms with Crippen LogP contribution in [0.1, 0.15) is 30.9 Å². The van der Waals surface area contributed by atoms with Crippen molar-refractivity contribution in [3.8, 4) is 5.75 Å². The second-order valence-electron chi connectivity index (χ2n) is 9.00. The zero-order valence-electron chi connectivity index (χ0n) is 21.2. The maximum Gasteiger partial charge on any atom is 0.340 e. The minimum atomic E-state index is -0.551. The van der Waals surface area contributed by atoms with Crippen molar-refractivity contribution in [3.05, 3.63) is 82.6 Å². The summed E-state index contributed by atoms with van der Waals surface area (Å²) in [5.41, 5.74) is 2.99. The largest absolute Gasteiger partial charge is 0.484 e. The molecule has 0 spiro atoms. The molecule has 0 aliphatic carbocycles. The van der Waals surface area contributed by atoms with Crippen molar-refractivity contribution in [2.75, 3.05) is 33.4 Å². The van der Waals surface area contributed by atoms with Crippen LogP contribution in [-0.4, -0.2) is 62.2 Å². The maximum absolute atomic E-state index is 13.2. The first-order valence-electron chi connectivity index (χ1n) is 12.4. The molecule has 1 N–H and O–H groups in total. The van der Waals surface area contributed by atoms with Gasteiger partial charge in [-0.1, -0.05) is 42.5 Å². The molecule has 2 amide bonds. The molecule has 194 valence electrons. The summed E-state index contributed by atoms with van der Waals surface area (Å²) in [7, 11) is 1.30. The van der Waals surface area contributed by atoms with Gasteiger partial charge in [0.15, 0.2) is 6.61 Å².